The summed E-state index contributed by atoms with van der Waals surface area (Å²) in [5.41, 5.74) is 1.24. The van der Waals surface area contributed by atoms with Gasteiger partial charge in [0.2, 0.25) is 15.9 Å². The summed E-state index contributed by atoms with van der Waals surface area (Å²) in [6, 6.07) is 13.4. The Morgan fingerprint density at radius 2 is 1.65 bits per heavy atom. The number of nitrogens with two attached hydrogens (primary N) is 1. The Morgan fingerprint density at radius 1 is 1.04 bits per heavy atom. The summed E-state index contributed by atoms with van der Waals surface area (Å²) >= 11 is 0. The zero-order valence-electron chi connectivity index (χ0n) is 13.8. The number of aliphatic carboxylic acids is 1. The first-order valence-corrected chi connectivity index (χ1v) is 9.23. The monoisotopic (exact) mass is 377 g/mol. The molecule has 26 heavy (non-hydrogen) atoms. The second-order valence-electron chi connectivity index (χ2n) is 5.58. The molecule has 5 N–H and O–H groups in total. The normalized spacial score (nSPS) is 12.3. The largest absolute Gasteiger partial charge is 0.480 e. The summed E-state index contributed by atoms with van der Waals surface area (Å²) in [6.07, 6.45) is -0.279. The van der Waals surface area contributed by atoms with E-state index >= 15 is 0 Å². The lowest BCUT2D eigenvalue weighted by molar-refractivity contribution is -0.141. The van der Waals surface area contributed by atoms with Gasteiger partial charge < -0.3 is 10.4 Å². The molecule has 0 spiro atoms. The van der Waals surface area contributed by atoms with E-state index in [-0.39, 0.29) is 11.3 Å². The van der Waals surface area contributed by atoms with Crippen molar-refractivity contribution in [2.45, 2.75) is 23.9 Å². The van der Waals surface area contributed by atoms with Crippen molar-refractivity contribution in [3.05, 3.63) is 60.2 Å². The summed E-state index contributed by atoms with van der Waals surface area (Å²) in [5.74, 6) is -1.65. The predicted molar refractivity (Wildman–Crippen MR) is 95.8 cm³/mol. The van der Waals surface area contributed by atoms with Crippen molar-refractivity contribution in [3.8, 4) is 0 Å². The molecule has 0 aliphatic heterocycles. The molecule has 138 valence electrons. The third kappa shape index (κ3) is 5.96. The molecule has 2 aromatic rings. The van der Waals surface area contributed by atoms with Crippen LogP contribution in [0.1, 0.15) is 12.0 Å². The maximum atomic E-state index is 12.1. The summed E-state index contributed by atoms with van der Waals surface area (Å²) in [4.78, 5) is 23.3. The summed E-state index contributed by atoms with van der Waals surface area (Å²) < 4.78 is 22.4. The van der Waals surface area contributed by atoms with Gasteiger partial charge in [0.05, 0.1) is 11.3 Å². The quantitative estimate of drug-likeness (QED) is 0.539. The zero-order chi connectivity index (χ0) is 19.2. The molecule has 8 nitrogen and oxygen atoms in total. The third-order valence-electron chi connectivity index (χ3n) is 3.55. The number of carbonyl (C=O) groups is 2. The maximum absolute atomic E-state index is 12.1. The minimum Gasteiger partial charge on any atom is -0.480 e. The standard InChI is InChI=1S/C17H19N3O5S/c18-26(24,25)14-8-6-13(7-9-14)20-16(21)10-15(17(22)23)19-11-12-4-2-1-3-5-12/h1-9,15,19H,10-11H2,(H,20,21)(H,22,23)(H2,18,24,25). The molecule has 0 bridgehead atoms. The van der Waals surface area contributed by atoms with Crippen molar-refractivity contribution in [3.63, 3.8) is 0 Å². The number of benzene rings is 2. The van der Waals surface area contributed by atoms with E-state index in [2.05, 4.69) is 10.6 Å². The SMILES string of the molecule is NS(=O)(=O)c1ccc(NC(=O)CC(NCc2ccccc2)C(=O)O)cc1. The number of carbonyl (C=O) groups excluding carboxylic acids is 1. The highest BCUT2D eigenvalue weighted by molar-refractivity contribution is 7.89. The number of primary sulfonamides is 1. The Hall–Kier alpha value is -2.75. The first-order valence-electron chi connectivity index (χ1n) is 7.68. The van der Waals surface area contributed by atoms with Gasteiger partial charge in [0.15, 0.2) is 0 Å². The minimum absolute atomic E-state index is 0.0801. The first-order chi connectivity index (χ1) is 12.3. The molecule has 0 aliphatic rings. The Balaban J connectivity index is 1.94. The van der Waals surface area contributed by atoms with Gasteiger partial charge in [-0.15, -0.1) is 0 Å². The number of hydrogen-bond acceptors (Lipinski definition) is 5. The minimum atomic E-state index is -3.81. The van der Waals surface area contributed by atoms with Crippen molar-refractivity contribution in [2.75, 3.05) is 5.32 Å². The van der Waals surface area contributed by atoms with Gasteiger partial charge in [-0.1, -0.05) is 30.3 Å². The van der Waals surface area contributed by atoms with Crippen LogP contribution in [-0.2, 0) is 26.2 Å². The van der Waals surface area contributed by atoms with E-state index in [4.69, 9.17) is 5.14 Å². The second-order valence-corrected chi connectivity index (χ2v) is 7.14. The van der Waals surface area contributed by atoms with Crippen LogP contribution in [0.2, 0.25) is 0 Å². The lowest BCUT2D eigenvalue weighted by Gasteiger charge is -2.14. The Labute approximate surface area is 151 Å². The van der Waals surface area contributed by atoms with Crippen LogP contribution >= 0.6 is 0 Å². The smallest absolute Gasteiger partial charge is 0.321 e. The fourth-order valence-electron chi connectivity index (χ4n) is 2.21. The highest BCUT2D eigenvalue weighted by atomic mass is 32.2. The summed E-state index contributed by atoms with van der Waals surface area (Å²) in [7, 11) is -3.81. The molecule has 0 aromatic heterocycles. The van der Waals surface area contributed by atoms with Crippen LogP contribution in [0.15, 0.2) is 59.5 Å². The van der Waals surface area contributed by atoms with Gasteiger partial charge in [-0.2, -0.15) is 0 Å². The molecule has 0 fully saturated rings. The van der Waals surface area contributed by atoms with E-state index in [9.17, 15) is 23.1 Å². The van der Waals surface area contributed by atoms with Gasteiger partial charge in [-0.25, -0.2) is 13.6 Å². The zero-order valence-corrected chi connectivity index (χ0v) is 14.6. The van der Waals surface area contributed by atoms with E-state index in [0.717, 1.165) is 5.56 Å². The third-order valence-corrected chi connectivity index (χ3v) is 4.48. The molecule has 1 unspecified atom stereocenters. The van der Waals surface area contributed by atoms with E-state index in [0.29, 0.717) is 12.2 Å². The van der Waals surface area contributed by atoms with E-state index in [1.165, 1.54) is 24.3 Å². The Bertz CT molecular complexity index is 867. The van der Waals surface area contributed by atoms with Crippen molar-refractivity contribution in [1.29, 1.82) is 0 Å². The van der Waals surface area contributed by atoms with Crippen LogP contribution < -0.4 is 15.8 Å². The average Bonchev–Trinajstić information content (AvgIpc) is 2.59. The van der Waals surface area contributed by atoms with Gasteiger partial charge in [-0.05, 0) is 29.8 Å². The molecule has 1 atom stereocenters. The molecular formula is C17H19N3O5S. The number of anilines is 1. The molecule has 0 heterocycles. The highest BCUT2D eigenvalue weighted by Crippen LogP contribution is 2.13. The summed E-state index contributed by atoms with van der Waals surface area (Å²) in [6.45, 7) is 0.314. The van der Waals surface area contributed by atoms with Crippen molar-refractivity contribution >= 4 is 27.6 Å². The van der Waals surface area contributed by atoms with E-state index in [1.807, 2.05) is 30.3 Å². The molecule has 0 saturated carbocycles. The van der Waals surface area contributed by atoms with Gasteiger partial charge in [0.25, 0.3) is 0 Å². The van der Waals surface area contributed by atoms with Crippen LogP contribution in [0.25, 0.3) is 0 Å². The molecule has 0 radical (unpaired) electrons. The number of sulfonamides is 1. The highest BCUT2D eigenvalue weighted by Gasteiger charge is 2.21. The lowest BCUT2D eigenvalue weighted by Crippen LogP contribution is -2.39. The fraction of sp³-hybridized carbons (Fsp3) is 0.176. The van der Waals surface area contributed by atoms with Crippen LogP contribution in [0, 0.1) is 0 Å². The summed E-state index contributed by atoms with van der Waals surface area (Å²) in [5, 5.41) is 19.6. The van der Waals surface area contributed by atoms with Gasteiger partial charge >= 0.3 is 5.97 Å². The molecule has 0 saturated heterocycles. The van der Waals surface area contributed by atoms with Crippen molar-refractivity contribution < 1.29 is 23.1 Å². The average molecular weight is 377 g/mol. The number of carboxylic acid groups (broad SMARTS) is 1. The Morgan fingerprint density at radius 3 is 2.19 bits per heavy atom. The second kappa shape index (κ2) is 8.56. The van der Waals surface area contributed by atoms with E-state index in [1.54, 1.807) is 0 Å². The lowest BCUT2D eigenvalue weighted by atomic mass is 10.1. The van der Waals surface area contributed by atoms with Crippen LogP contribution in [0.4, 0.5) is 5.69 Å². The molecule has 2 aromatic carbocycles. The topological polar surface area (TPSA) is 139 Å². The van der Waals surface area contributed by atoms with Gasteiger partial charge in [-0.3, -0.25) is 14.9 Å². The number of rotatable bonds is 8. The van der Waals surface area contributed by atoms with Crippen LogP contribution in [0.5, 0.6) is 0 Å². The Kier molecular flexibility index (Phi) is 6.45. The predicted octanol–water partition coefficient (Wildman–Crippen LogP) is 0.906. The number of hydrogen-bond donors (Lipinski definition) is 4. The first kappa shape index (κ1) is 19.6. The van der Waals surface area contributed by atoms with Crippen LogP contribution in [0.3, 0.4) is 0 Å². The number of carboxylic acids is 1. The maximum Gasteiger partial charge on any atom is 0.321 e. The fourth-order valence-corrected chi connectivity index (χ4v) is 2.72. The van der Waals surface area contributed by atoms with Crippen LogP contribution in [-0.4, -0.2) is 31.4 Å². The molecule has 9 heteroatoms. The van der Waals surface area contributed by atoms with Gasteiger partial charge in [0.1, 0.15) is 6.04 Å². The van der Waals surface area contributed by atoms with Gasteiger partial charge in [0, 0.05) is 12.2 Å². The number of amides is 1. The molecule has 1 amide bonds. The molecule has 2 rings (SSSR count). The molecular weight excluding hydrogens is 358 g/mol. The van der Waals surface area contributed by atoms with E-state index < -0.39 is 27.9 Å². The molecule has 0 aliphatic carbocycles. The van der Waals surface area contributed by atoms with Crippen molar-refractivity contribution in [2.24, 2.45) is 5.14 Å². The number of nitrogens with one attached hydrogen (secondary N) is 2. The van der Waals surface area contributed by atoms with Crippen molar-refractivity contribution in [1.82, 2.24) is 5.32 Å².